The van der Waals surface area contributed by atoms with Gasteiger partial charge in [-0.05, 0) is 41.0 Å². The summed E-state index contributed by atoms with van der Waals surface area (Å²) in [5.41, 5.74) is 5.28. The SMILES string of the molecule is Cn1cc(C2CN(C(=O)N(c3ccccc3)c3ccccc3)Cc3ccccc32)cn1. The van der Waals surface area contributed by atoms with Gasteiger partial charge in [0.1, 0.15) is 0 Å². The lowest BCUT2D eigenvalue weighted by molar-refractivity contribution is 0.198. The van der Waals surface area contributed by atoms with Crippen molar-refractivity contribution in [2.24, 2.45) is 7.05 Å². The van der Waals surface area contributed by atoms with E-state index >= 15 is 0 Å². The molecule has 3 aromatic carbocycles. The summed E-state index contributed by atoms with van der Waals surface area (Å²) < 4.78 is 1.82. The van der Waals surface area contributed by atoms with Gasteiger partial charge in [0.05, 0.1) is 17.6 Å². The van der Waals surface area contributed by atoms with Crippen molar-refractivity contribution >= 4 is 17.4 Å². The molecule has 0 aliphatic carbocycles. The monoisotopic (exact) mass is 408 g/mol. The molecule has 0 radical (unpaired) electrons. The van der Waals surface area contributed by atoms with E-state index in [-0.39, 0.29) is 11.9 Å². The van der Waals surface area contributed by atoms with Gasteiger partial charge in [-0.2, -0.15) is 5.10 Å². The quantitative estimate of drug-likeness (QED) is 0.460. The number of aryl methyl sites for hydroxylation is 1. The molecular weight excluding hydrogens is 384 g/mol. The van der Waals surface area contributed by atoms with Crippen LogP contribution in [0.5, 0.6) is 0 Å². The first-order chi connectivity index (χ1) is 15.2. The highest BCUT2D eigenvalue weighted by atomic mass is 16.2. The van der Waals surface area contributed by atoms with E-state index in [4.69, 9.17) is 0 Å². The van der Waals surface area contributed by atoms with E-state index in [0.29, 0.717) is 13.1 Å². The van der Waals surface area contributed by atoms with Gasteiger partial charge in [0.25, 0.3) is 0 Å². The summed E-state index contributed by atoms with van der Waals surface area (Å²) in [5, 5.41) is 4.37. The van der Waals surface area contributed by atoms with Gasteiger partial charge in [-0.25, -0.2) is 4.79 Å². The lowest BCUT2D eigenvalue weighted by Crippen LogP contribution is -2.45. The van der Waals surface area contributed by atoms with Crippen molar-refractivity contribution < 1.29 is 4.79 Å². The smallest absolute Gasteiger partial charge is 0.319 e. The minimum Gasteiger partial charge on any atom is -0.319 e. The number of urea groups is 1. The molecule has 2 amide bonds. The predicted octanol–water partition coefficient (Wildman–Crippen LogP) is 5.33. The van der Waals surface area contributed by atoms with E-state index in [1.165, 1.54) is 11.1 Å². The Morgan fingerprint density at radius 3 is 2.13 bits per heavy atom. The lowest BCUT2D eigenvalue weighted by Gasteiger charge is -2.37. The first kappa shape index (κ1) is 19.1. The summed E-state index contributed by atoms with van der Waals surface area (Å²) in [4.78, 5) is 17.7. The molecule has 31 heavy (non-hydrogen) atoms. The molecule has 1 atom stereocenters. The summed E-state index contributed by atoms with van der Waals surface area (Å²) in [6.45, 7) is 1.19. The first-order valence-corrected chi connectivity index (χ1v) is 10.5. The molecule has 0 spiro atoms. The molecule has 1 aromatic heterocycles. The number of carbonyl (C=O) groups excluding carboxylic acids is 1. The average molecular weight is 409 g/mol. The number of benzene rings is 3. The van der Waals surface area contributed by atoms with Crippen LogP contribution in [-0.2, 0) is 13.6 Å². The van der Waals surface area contributed by atoms with Crippen LogP contribution >= 0.6 is 0 Å². The molecule has 2 heterocycles. The molecule has 5 heteroatoms. The first-order valence-electron chi connectivity index (χ1n) is 10.5. The number of rotatable bonds is 3. The minimum atomic E-state index is -0.0270. The largest absolute Gasteiger partial charge is 0.329 e. The Morgan fingerprint density at radius 2 is 1.52 bits per heavy atom. The fourth-order valence-electron chi connectivity index (χ4n) is 4.32. The van der Waals surface area contributed by atoms with Gasteiger partial charge in [0.2, 0.25) is 0 Å². The Kier molecular flexibility index (Phi) is 5.00. The van der Waals surface area contributed by atoms with E-state index < -0.39 is 0 Å². The number of amides is 2. The van der Waals surface area contributed by atoms with Crippen molar-refractivity contribution in [1.29, 1.82) is 0 Å². The van der Waals surface area contributed by atoms with Crippen molar-refractivity contribution in [2.75, 3.05) is 11.4 Å². The maximum absolute atomic E-state index is 13.9. The van der Waals surface area contributed by atoms with Gasteiger partial charge in [0.15, 0.2) is 0 Å². The molecule has 0 saturated carbocycles. The van der Waals surface area contributed by atoms with Gasteiger partial charge in [-0.1, -0.05) is 60.7 Å². The van der Waals surface area contributed by atoms with Crippen LogP contribution in [0.25, 0.3) is 0 Å². The van der Waals surface area contributed by atoms with Crippen LogP contribution in [0.2, 0.25) is 0 Å². The third-order valence-electron chi connectivity index (χ3n) is 5.81. The molecule has 0 saturated heterocycles. The van der Waals surface area contributed by atoms with Gasteiger partial charge in [0, 0.05) is 32.3 Å². The number of carbonyl (C=O) groups is 1. The summed E-state index contributed by atoms with van der Waals surface area (Å²) >= 11 is 0. The number of nitrogens with zero attached hydrogens (tertiary/aromatic N) is 4. The number of hydrogen-bond donors (Lipinski definition) is 0. The summed E-state index contributed by atoms with van der Waals surface area (Å²) in [5.74, 6) is 0.0935. The maximum atomic E-state index is 13.9. The number of para-hydroxylation sites is 2. The second-order valence-electron chi connectivity index (χ2n) is 7.87. The van der Waals surface area contributed by atoms with Crippen molar-refractivity contribution in [1.82, 2.24) is 14.7 Å². The summed E-state index contributed by atoms with van der Waals surface area (Å²) in [7, 11) is 1.92. The van der Waals surface area contributed by atoms with Gasteiger partial charge in [-0.3, -0.25) is 9.58 Å². The molecule has 5 nitrogen and oxygen atoms in total. The van der Waals surface area contributed by atoms with E-state index in [2.05, 4.69) is 23.3 Å². The van der Waals surface area contributed by atoms with Crippen LogP contribution in [0.15, 0.2) is 97.3 Å². The molecule has 0 N–H and O–H groups in total. The Balaban J connectivity index is 1.54. The van der Waals surface area contributed by atoms with E-state index in [1.54, 1.807) is 4.90 Å². The van der Waals surface area contributed by atoms with Gasteiger partial charge in [-0.15, -0.1) is 0 Å². The Labute approximate surface area is 182 Å². The zero-order valence-corrected chi connectivity index (χ0v) is 17.4. The second-order valence-corrected chi connectivity index (χ2v) is 7.87. The number of anilines is 2. The lowest BCUT2D eigenvalue weighted by atomic mass is 9.86. The third kappa shape index (κ3) is 3.70. The van der Waals surface area contributed by atoms with Crippen LogP contribution in [0.4, 0.5) is 16.2 Å². The van der Waals surface area contributed by atoms with Crippen LogP contribution < -0.4 is 4.90 Å². The second kappa shape index (κ2) is 8.11. The van der Waals surface area contributed by atoms with Crippen LogP contribution in [0.1, 0.15) is 22.6 Å². The van der Waals surface area contributed by atoms with Gasteiger partial charge >= 0.3 is 6.03 Å². The fraction of sp³-hybridized carbons (Fsp3) is 0.154. The summed E-state index contributed by atoms with van der Waals surface area (Å²) in [6.07, 6.45) is 3.95. The Morgan fingerprint density at radius 1 is 0.903 bits per heavy atom. The Hall–Kier alpha value is -3.86. The molecule has 1 aliphatic heterocycles. The molecule has 1 aliphatic rings. The fourth-order valence-corrected chi connectivity index (χ4v) is 4.32. The molecule has 0 bridgehead atoms. The van der Waals surface area contributed by atoms with Crippen LogP contribution in [0.3, 0.4) is 0 Å². The standard InChI is InChI=1S/C26H24N4O/c1-28-17-21(16-27-28)25-19-29(18-20-10-8-9-15-24(20)25)26(31)30(22-11-4-2-5-12-22)23-13-6-3-7-14-23/h2-17,25H,18-19H2,1H3. The van der Waals surface area contributed by atoms with E-state index in [9.17, 15) is 4.79 Å². The number of aromatic nitrogens is 2. The van der Waals surface area contributed by atoms with Crippen molar-refractivity contribution in [2.45, 2.75) is 12.5 Å². The van der Waals surface area contributed by atoms with Crippen molar-refractivity contribution in [3.63, 3.8) is 0 Å². The van der Waals surface area contributed by atoms with Crippen molar-refractivity contribution in [3.05, 3.63) is 114 Å². The molecule has 5 rings (SSSR count). The molecule has 1 unspecified atom stereocenters. The highest BCUT2D eigenvalue weighted by molar-refractivity contribution is 5.99. The molecule has 0 fully saturated rings. The highest BCUT2D eigenvalue weighted by Gasteiger charge is 2.33. The number of hydrogen-bond acceptors (Lipinski definition) is 2. The Bertz CT molecular complexity index is 1150. The van der Waals surface area contributed by atoms with Crippen LogP contribution in [0, 0.1) is 0 Å². The summed E-state index contributed by atoms with van der Waals surface area (Å²) in [6, 6.07) is 28.0. The van der Waals surface area contributed by atoms with E-state index in [0.717, 1.165) is 16.9 Å². The van der Waals surface area contributed by atoms with E-state index in [1.807, 2.05) is 95.8 Å². The molecular formula is C26H24N4O. The maximum Gasteiger partial charge on any atom is 0.329 e. The zero-order valence-electron chi connectivity index (χ0n) is 17.4. The predicted molar refractivity (Wildman–Crippen MR) is 122 cm³/mol. The average Bonchev–Trinajstić information content (AvgIpc) is 3.26. The van der Waals surface area contributed by atoms with Crippen molar-refractivity contribution in [3.8, 4) is 0 Å². The zero-order chi connectivity index (χ0) is 21.2. The minimum absolute atomic E-state index is 0.0270. The van der Waals surface area contributed by atoms with Crippen LogP contribution in [-0.4, -0.2) is 27.3 Å². The normalized spacial score (nSPS) is 15.4. The molecule has 4 aromatic rings. The van der Waals surface area contributed by atoms with Gasteiger partial charge < -0.3 is 4.90 Å². The third-order valence-corrected chi connectivity index (χ3v) is 5.81. The molecule has 154 valence electrons. The number of fused-ring (bicyclic) bond motifs is 1. The topological polar surface area (TPSA) is 41.4 Å². The highest BCUT2D eigenvalue weighted by Crippen LogP contribution is 2.35.